The monoisotopic (exact) mass is 380 g/mol. The fourth-order valence-electron chi connectivity index (χ4n) is 1.98. The van der Waals surface area contributed by atoms with Gasteiger partial charge in [-0.25, -0.2) is 9.78 Å². The molecule has 124 valence electrons. The molecule has 0 radical (unpaired) electrons. The zero-order valence-corrected chi connectivity index (χ0v) is 15.5. The van der Waals surface area contributed by atoms with Crippen LogP contribution in [0.15, 0.2) is 33.8 Å². The predicted octanol–water partition coefficient (Wildman–Crippen LogP) is 3.84. The number of hydrogen-bond acceptors (Lipinski definition) is 7. The van der Waals surface area contributed by atoms with Gasteiger partial charge in [0.2, 0.25) is 0 Å². The predicted molar refractivity (Wildman–Crippen MR) is 93.8 cm³/mol. The first-order chi connectivity index (χ1) is 11.5. The maximum absolute atomic E-state index is 11.6. The van der Waals surface area contributed by atoms with Crippen molar-refractivity contribution in [3.8, 4) is 11.4 Å². The Morgan fingerprint density at radius 1 is 1.29 bits per heavy atom. The minimum absolute atomic E-state index is 0.135. The van der Waals surface area contributed by atoms with Gasteiger partial charge in [0, 0.05) is 12.6 Å². The molecule has 0 aliphatic heterocycles. The van der Waals surface area contributed by atoms with E-state index < -0.39 is 5.97 Å². The highest BCUT2D eigenvalue weighted by atomic mass is 35.5. The Labute approximate surface area is 151 Å². The molecule has 0 spiro atoms. The number of rotatable bonds is 4. The summed E-state index contributed by atoms with van der Waals surface area (Å²) in [6.07, 6.45) is 0. The van der Waals surface area contributed by atoms with Crippen LogP contribution in [0.2, 0.25) is 5.15 Å². The molecular formula is C15H13ClN4O2S2. The number of aromatic nitrogens is 4. The molecule has 3 rings (SSSR count). The van der Waals surface area contributed by atoms with Gasteiger partial charge in [-0.3, -0.25) is 0 Å². The fourth-order valence-corrected chi connectivity index (χ4v) is 4.21. The van der Waals surface area contributed by atoms with Crippen LogP contribution in [0.3, 0.4) is 0 Å². The molecule has 0 aliphatic rings. The molecule has 0 unspecified atom stereocenters. The van der Waals surface area contributed by atoms with E-state index in [1.165, 1.54) is 35.8 Å². The van der Waals surface area contributed by atoms with Crippen LogP contribution in [-0.2, 0) is 11.8 Å². The van der Waals surface area contributed by atoms with E-state index in [-0.39, 0.29) is 10.0 Å². The van der Waals surface area contributed by atoms with Crippen molar-refractivity contribution in [1.82, 2.24) is 19.7 Å². The Bertz CT molecular complexity index is 890. The second kappa shape index (κ2) is 6.92. The molecule has 0 atom stereocenters. The zero-order chi connectivity index (χ0) is 17.3. The van der Waals surface area contributed by atoms with Crippen molar-refractivity contribution in [2.24, 2.45) is 7.05 Å². The van der Waals surface area contributed by atoms with Gasteiger partial charge < -0.3 is 9.30 Å². The number of carbonyl (C=O) groups excluding carboxylic acids is 1. The summed E-state index contributed by atoms with van der Waals surface area (Å²) in [5.74, 6) is 0.260. The molecule has 0 saturated heterocycles. The van der Waals surface area contributed by atoms with Crippen LogP contribution in [-0.4, -0.2) is 32.8 Å². The minimum Gasteiger partial charge on any atom is -0.465 e. The number of nitrogens with zero attached hydrogens (tertiary/aromatic N) is 4. The van der Waals surface area contributed by atoms with E-state index in [0.29, 0.717) is 9.50 Å². The topological polar surface area (TPSA) is 69.9 Å². The van der Waals surface area contributed by atoms with Gasteiger partial charge in [0.1, 0.15) is 0 Å². The van der Waals surface area contributed by atoms with Crippen molar-refractivity contribution in [2.45, 2.75) is 16.4 Å². The molecule has 0 aliphatic carbocycles. The lowest BCUT2D eigenvalue weighted by molar-refractivity contribution is 0.0606. The van der Waals surface area contributed by atoms with Crippen molar-refractivity contribution < 1.29 is 9.53 Å². The van der Waals surface area contributed by atoms with E-state index in [0.717, 1.165) is 11.4 Å². The molecule has 0 fully saturated rings. The van der Waals surface area contributed by atoms with Gasteiger partial charge in [-0.05, 0) is 18.7 Å². The number of methoxy groups -OCH3 is 1. The van der Waals surface area contributed by atoms with E-state index in [4.69, 9.17) is 11.6 Å². The molecule has 3 aromatic rings. The number of halogens is 1. The smallest absolute Gasteiger partial charge is 0.351 e. The summed E-state index contributed by atoms with van der Waals surface area (Å²) in [6, 6.07) is 8.06. The number of thiazole rings is 1. The molecule has 24 heavy (non-hydrogen) atoms. The van der Waals surface area contributed by atoms with Crippen LogP contribution >= 0.6 is 34.7 Å². The van der Waals surface area contributed by atoms with Crippen LogP contribution in [0.1, 0.15) is 15.2 Å². The van der Waals surface area contributed by atoms with Crippen LogP contribution in [0.4, 0.5) is 0 Å². The highest BCUT2D eigenvalue weighted by molar-refractivity contribution is 8.00. The van der Waals surface area contributed by atoms with Crippen molar-refractivity contribution in [1.29, 1.82) is 0 Å². The summed E-state index contributed by atoms with van der Waals surface area (Å²) in [5, 5.41) is 9.23. The van der Waals surface area contributed by atoms with Crippen LogP contribution in [0, 0.1) is 6.92 Å². The van der Waals surface area contributed by atoms with Crippen molar-refractivity contribution in [3.63, 3.8) is 0 Å². The van der Waals surface area contributed by atoms with Crippen LogP contribution in [0.5, 0.6) is 0 Å². The standard InChI is InChI=1S/C15H13ClN4O2S2/c1-8-4-6-9(7-5-8)12-18-19-14(20(12)2)24-15-17-11(16)10(23-15)13(21)22-3/h4-7H,1-3H3. The Hall–Kier alpha value is -1.90. The van der Waals surface area contributed by atoms with E-state index in [1.807, 2.05) is 42.8 Å². The summed E-state index contributed by atoms with van der Waals surface area (Å²) < 4.78 is 7.16. The molecule has 0 N–H and O–H groups in total. The highest BCUT2D eigenvalue weighted by Crippen LogP contribution is 2.35. The van der Waals surface area contributed by atoms with Gasteiger partial charge in [0.15, 0.2) is 25.4 Å². The third-order valence-electron chi connectivity index (χ3n) is 3.26. The fraction of sp³-hybridized carbons (Fsp3) is 0.200. The van der Waals surface area contributed by atoms with Gasteiger partial charge in [-0.1, -0.05) is 52.8 Å². The lowest BCUT2D eigenvalue weighted by atomic mass is 10.1. The van der Waals surface area contributed by atoms with E-state index >= 15 is 0 Å². The normalized spacial score (nSPS) is 10.8. The number of hydrogen-bond donors (Lipinski definition) is 0. The van der Waals surface area contributed by atoms with E-state index in [9.17, 15) is 4.79 Å². The third-order valence-corrected chi connectivity index (χ3v) is 5.78. The van der Waals surface area contributed by atoms with Crippen LogP contribution < -0.4 is 0 Å². The first-order valence-electron chi connectivity index (χ1n) is 6.88. The Morgan fingerprint density at radius 3 is 2.67 bits per heavy atom. The first kappa shape index (κ1) is 16.9. The molecule has 9 heteroatoms. The van der Waals surface area contributed by atoms with Gasteiger partial charge in [-0.2, -0.15) is 0 Å². The lowest BCUT2D eigenvalue weighted by Crippen LogP contribution is -1.98. The highest BCUT2D eigenvalue weighted by Gasteiger charge is 2.20. The van der Waals surface area contributed by atoms with Gasteiger partial charge in [-0.15, -0.1) is 10.2 Å². The summed E-state index contributed by atoms with van der Waals surface area (Å²) in [4.78, 5) is 16.1. The first-order valence-corrected chi connectivity index (χ1v) is 8.89. The van der Waals surface area contributed by atoms with E-state index in [2.05, 4.69) is 19.9 Å². The van der Waals surface area contributed by atoms with Crippen molar-refractivity contribution in [3.05, 3.63) is 39.9 Å². The molecule has 0 amide bonds. The maximum atomic E-state index is 11.6. The Kier molecular flexibility index (Phi) is 4.88. The molecule has 6 nitrogen and oxygen atoms in total. The summed E-state index contributed by atoms with van der Waals surface area (Å²) >= 11 is 8.45. The molecule has 2 heterocycles. The molecular weight excluding hydrogens is 368 g/mol. The number of carbonyl (C=O) groups is 1. The van der Waals surface area contributed by atoms with Crippen molar-refractivity contribution in [2.75, 3.05) is 7.11 Å². The SMILES string of the molecule is COC(=O)c1sc(Sc2nnc(-c3ccc(C)cc3)n2C)nc1Cl. The maximum Gasteiger partial charge on any atom is 0.351 e. The second-order valence-corrected chi connectivity index (χ2v) is 7.50. The number of aryl methyl sites for hydroxylation is 1. The number of benzene rings is 1. The quantitative estimate of drug-likeness (QED) is 0.640. The summed E-state index contributed by atoms with van der Waals surface area (Å²) in [7, 11) is 3.19. The molecule has 0 saturated carbocycles. The van der Waals surface area contributed by atoms with E-state index in [1.54, 1.807) is 0 Å². The summed E-state index contributed by atoms with van der Waals surface area (Å²) in [5.41, 5.74) is 2.16. The van der Waals surface area contributed by atoms with Gasteiger partial charge in [0.25, 0.3) is 0 Å². The molecule has 1 aromatic carbocycles. The Morgan fingerprint density at radius 2 is 2.00 bits per heavy atom. The largest absolute Gasteiger partial charge is 0.465 e. The number of esters is 1. The van der Waals surface area contributed by atoms with Gasteiger partial charge in [0.05, 0.1) is 7.11 Å². The zero-order valence-electron chi connectivity index (χ0n) is 13.1. The Balaban J connectivity index is 1.87. The number of ether oxygens (including phenoxy) is 1. The average molecular weight is 381 g/mol. The lowest BCUT2D eigenvalue weighted by Gasteiger charge is -2.03. The van der Waals surface area contributed by atoms with Gasteiger partial charge >= 0.3 is 5.97 Å². The molecule has 2 aromatic heterocycles. The second-order valence-electron chi connectivity index (χ2n) is 4.92. The summed E-state index contributed by atoms with van der Waals surface area (Å²) in [6.45, 7) is 2.03. The minimum atomic E-state index is -0.498. The van der Waals surface area contributed by atoms with Crippen LogP contribution in [0.25, 0.3) is 11.4 Å². The third kappa shape index (κ3) is 3.31. The van der Waals surface area contributed by atoms with Crippen molar-refractivity contribution >= 4 is 40.7 Å². The average Bonchev–Trinajstić information content (AvgIpc) is 3.11. The molecule has 0 bridgehead atoms.